The Balaban J connectivity index is 1.66. The van der Waals surface area contributed by atoms with Crippen LogP contribution in [0.1, 0.15) is 16.1 Å². The molecule has 0 spiro atoms. The van der Waals surface area contributed by atoms with Gasteiger partial charge in [-0.05, 0) is 31.5 Å². The van der Waals surface area contributed by atoms with E-state index in [1.165, 1.54) is 11.8 Å². The molecule has 0 atom stereocenters. The Hall–Kier alpha value is -2.58. The van der Waals surface area contributed by atoms with Crippen molar-refractivity contribution in [1.82, 2.24) is 14.7 Å². The van der Waals surface area contributed by atoms with Crippen molar-refractivity contribution in [2.45, 2.75) is 31.3 Å². The Morgan fingerprint density at radius 2 is 2.22 bits per heavy atom. The Bertz CT molecular complexity index is 1170. The molecule has 4 rings (SSSR count). The predicted octanol–water partition coefficient (Wildman–Crippen LogP) is 4.80. The fourth-order valence-electron chi connectivity index (χ4n) is 2.76. The molecule has 0 saturated heterocycles. The summed E-state index contributed by atoms with van der Waals surface area (Å²) >= 11 is 3.00. The second-order valence-electron chi connectivity index (χ2n) is 6.01. The molecular weight excluding hydrogens is 382 g/mol. The monoisotopic (exact) mass is 399 g/mol. The summed E-state index contributed by atoms with van der Waals surface area (Å²) in [6, 6.07) is 5.44. The van der Waals surface area contributed by atoms with Crippen LogP contribution < -0.4 is 5.56 Å². The molecule has 4 heterocycles. The van der Waals surface area contributed by atoms with E-state index in [0.29, 0.717) is 34.4 Å². The Morgan fingerprint density at radius 3 is 2.96 bits per heavy atom. The van der Waals surface area contributed by atoms with Gasteiger partial charge in [-0.1, -0.05) is 23.0 Å². The minimum Gasteiger partial charge on any atom is -0.461 e. The summed E-state index contributed by atoms with van der Waals surface area (Å²) in [6.07, 6.45) is 3.29. The largest absolute Gasteiger partial charge is 0.461 e. The third-order valence-corrected chi connectivity index (χ3v) is 6.35. The van der Waals surface area contributed by atoms with Crippen LogP contribution in [0, 0.1) is 13.8 Å². The lowest BCUT2D eigenvalue weighted by atomic mass is 10.2. The molecule has 0 aromatic carbocycles. The van der Waals surface area contributed by atoms with Crippen molar-refractivity contribution in [3.8, 4) is 11.5 Å². The standard InChI is InChI=1S/C19H17N3O3S2/c1-4-7-22-18(23)16-11(2)12(3)27-17(16)20-19(22)26-10-13-9-15(25-21-13)14-6-5-8-24-14/h4-6,8-9H,1,7,10H2,2-3H3. The van der Waals surface area contributed by atoms with Crippen molar-refractivity contribution in [1.29, 1.82) is 0 Å². The molecular formula is C19H17N3O3S2. The van der Waals surface area contributed by atoms with Gasteiger partial charge < -0.3 is 8.94 Å². The fraction of sp³-hybridized carbons (Fsp3) is 0.211. The topological polar surface area (TPSA) is 74.1 Å². The van der Waals surface area contributed by atoms with Crippen LogP contribution in [-0.4, -0.2) is 14.7 Å². The highest BCUT2D eigenvalue weighted by molar-refractivity contribution is 7.98. The number of furan rings is 1. The van der Waals surface area contributed by atoms with Crippen molar-refractivity contribution in [2.24, 2.45) is 0 Å². The molecule has 6 nitrogen and oxygen atoms in total. The van der Waals surface area contributed by atoms with Crippen LogP contribution >= 0.6 is 23.1 Å². The minimum absolute atomic E-state index is 0.0272. The van der Waals surface area contributed by atoms with Crippen LogP contribution in [0.5, 0.6) is 0 Å². The summed E-state index contributed by atoms with van der Waals surface area (Å²) in [6.45, 7) is 8.15. The molecule has 0 radical (unpaired) electrons. The zero-order valence-corrected chi connectivity index (χ0v) is 16.5. The highest BCUT2D eigenvalue weighted by Gasteiger charge is 2.17. The van der Waals surface area contributed by atoms with E-state index in [0.717, 1.165) is 21.0 Å². The molecule has 4 aromatic heterocycles. The number of rotatable bonds is 6. The lowest BCUT2D eigenvalue weighted by Gasteiger charge is -2.09. The Morgan fingerprint density at radius 1 is 1.37 bits per heavy atom. The van der Waals surface area contributed by atoms with Crippen molar-refractivity contribution in [3.05, 3.63) is 63.6 Å². The smallest absolute Gasteiger partial charge is 0.263 e. The average molecular weight is 399 g/mol. The number of aromatic nitrogens is 3. The van der Waals surface area contributed by atoms with E-state index < -0.39 is 0 Å². The zero-order valence-electron chi connectivity index (χ0n) is 14.9. The number of nitrogens with zero attached hydrogens (tertiary/aromatic N) is 3. The average Bonchev–Trinajstić information content (AvgIpc) is 3.37. The highest BCUT2D eigenvalue weighted by Crippen LogP contribution is 2.30. The van der Waals surface area contributed by atoms with E-state index in [1.807, 2.05) is 26.0 Å². The Labute approximate surface area is 163 Å². The van der Waals surface area contributed by atoms with Gasteiger partial charge in [0.2, 0.25) is 5.76 Å². The second kappa shape index (κ2) is 7.21. The number of hydrogen-bond acceptors (Lipinski definition) is 7. The maximum Gasteiger partial charge on any atom is 0.263 e. The van der Waals surface area contributed by atoms with Crippen LogP contribution in [0.15, 0.2) is 56.0 Å². The van der Waals surface area contributed by atoms with E-state index >= 15 is 0 Å². The van der Waals surface area contributed by atoms with Crippen LogP contribution in [0.25, 0.3) is 21.7 Å². The van der Waals surface area contributed by atoms with Crippen molar-refractivity contribution >= 4 is 33.3 Å². The maximum absolute atomic E-state index is 13.0. The van der Waals surface area contributed by atoms with Gasteiger partial charge in [0.1, 0.15) is 4.83 Å². The van der Waals surface area contributed by atoms with E-state index in [-0.39, 0.29) is 5.56 Å². The van der Waals surface area contributed by atoms with Gasteiger partial charge in [-0.15, -0.1) is 17.9 Å². The Kier molecular flexibility index (Phi) is 4.75. The molecule has 0 unspecified atom stereocenters. The lowest BCUT2D eigenvalue weighted by Crippen LogP contribution is -2.22. The molecule has 0 N–H and O–H groups in total. The second-order valence-corrected chi connectivity index (χ2v) is 8.16. The first-order valence-corrected chi connectivity index (χ1v) is 10.1. The summed E-state index contributed by atoms with van der Waals surface area (Å²) in [7, 11) is 0. The predicted molar refractivity (Wildman–Crippen MR) is 107 cm³/mol. The molecule has 0 amide bonds. The number of aryl methyl sites for hydroxylation is 2. The van der Waals surface area contributed by atoms with Gasteiger partial charge in [-0.2, -0.15) is 0 Å². The molecule has 27 heavy (non-hydrogen) atoms. The number of fused-ring (bicyclic) bond motifs is 1. The fourth-order valence-corrected chi connectivity index (χ4v) is 4.72. The van der Waals surface area contributed by atoms with E-state index in [2.05, 4.69) is 11.7 Å². The van der Waals surface area contributed by atoms with Crippen molar-refractivity contribution < 1.29 is 8.94 Å². The van der Waals surface area contributed by atoms with Gasteiger partial charge in [-0.25, -0.2) is 4.98 Å². The van der Waals surface area contributed by atoms with Crippen LogP contribution in [-0.2, 0) is 12.3 Å². The normalized spacial score (nSPS) is 11.3. The zero-order chi connectivity index (χ0) is 19.0. The molecule has 0 saturated carbocycles. The summed E-state index contributed by atoms with van der Waals surface area (Å²) in [5, 5.41) is 5.43. The van der Waals surface area contributed by atoms with Crippen LogP contribution in [0.2, 0.25) is 0 Å². The molecule has 8 heteroatoms. The minimum atomic E-state index is -0.0272. The van der Waals surface area contributed by atoms with Crippen LogP contribution in [0.3, 0.4) is 0 Å². The number of allylic oxidation sites excluding steroid dienone is 1. The summed E-state index contributed by atoms with van der Waals surface area (Å²) in [4.78, 5) is 19.6. The van der Waals surface area contributed by atoms with Crippen molar-refractivity contribution in [2.75, 3.05) is 0 Å². The van der Waals surface area contributed by atoms with Gasteiger partial charge in [0, 0.05) is 23.2 Å². The van der Waals surface area contributed by atoms with E-state index in [4.69, 9.17) is 13.9 Å². The SMILES string of the molecule is C=CCn1c(SCc2cc(-c3ccco3)on2)nc2sc(C)c(C)c2c1=O. The van der Waals surface area contributed by atoms with Gasteiger partial charge in [0.15, 0.2) is 10.9 Å². The molecule has 0 aliphatic carbocycles. The van der Waals surface area contributed by atoms with Gasteiger partial charge in [-0.3, -0.25) is 9.36 Å². The third kappa shape index (κ3) is 3.26. The van der Waals surface area contributed by atoms with E-state index in [1.54, 1.807) is 34.3 Å². The van der Waals surface area contributed by atoms with Crippen molar-refractivity contribution in [3.63, 3.8) is 0 Å². The number of thioether (sulfide) groups is 1. The third-order valence-electron chi connectivity index (χ3n) is 4.24. The summed E-state index contributed by atoms with van der Waals surface area (Å²) < 4.78 is 12.3. The van der Waals surface area contributed by atoms with Gasteiger partial charge in [0.05, 0.1) is 17.3 Å². The number of thiophene rings is 1. The first-order valence-electron chi connectivity index (χ1n) is 8.32. The quantitative estimate of drug-likeness (QED) is 0.263. The maximum atomic E-state index is 13.0. The first kappa shape index (κ1) is 17.8. The number of hydrogen-bond donors (Lipinski definition) is 0. The molecule has 4 aromatic rings. The molecule has 0 aliphatic heterocycles. The summed E-state index contributed by atoms with van der Waals surface area (Å²) in [5.74, 6) is 1.74. The van der Waals surface area contributed by atoms with Gasteiger partial charge >= 0.3 is 0 Å². The van der Waals surface area contributed by atoms with E-state index in [9.17, 15) is 4.79 Å². The highest BCUT2D eigenvalue weighted by atomic mass is 32.2. The lowest BCUT2D eigenvalue weighted by molar-refractivity contribution is 0.413. The molecule has 0 fully saturated rings. The molecule has 138 valence electrons. The molecule has 0 aliphatic rings. The first-order chi connectivity index (χ1) is 13.1. The van der Waals surface area contributed by atoms with Gasteiger partial charge in [0.25, 0.3) is 5.56 Å². The summed E-state index contributed by atoms with van der Waals surface area (Å²) in [5.41, 5.74) is 1.73. The molecule has 0 bridgehead atoms. The van der Waals surface area contributed by atoms with Crippen LogP contribution in [0.4, 0.5) is 0 Å².